The number of H-pyrrole nitrogens is 1. The van der Waals surface area contributed by atoms with Gasteiger partial charge in [-0.3, -0.25) is 5.10 Å². The van der Waals surface area contributed by atoms with Crippen molar-refractivity contribution in [3.05, 3.63) is 12.4 Å². The monoisotopic (exact) mass is 92.0 g/mol. The van der Waals surface area contributed by atoms with Crippen LogP contribution in [0.25, 0.3) is 0 Å². The molecule has 1 heterocycles. The minimum absolute atomic E-state index is 0. The number of aromatic amines is 1. The van der Waals surface area contributed by atoms with E-state index in [4.69, 9.17) is 0 Å². The molecule has 1 radical (unpaired) electrons. The molecule has 0 aliphatic rings. The van der Waals surface area contributed by atoms with E-state index in [1.807, 2.05) is 0 Å². The SMILES string of the molecule is [Na].c1c[nH]nn1. The molecule has 1 N–H and O–H groups in total. The molecule has 0 aliphatic heterocycles. The molecule has 1 aromatic heterocycles. The maximum atomic E-state index is 3.42. The zero-order chi connectivity index (χ0) is 3.54. The van der Waals surface area contributed by atoms with Gasteiger partial charge in [0, 0.05) is 35.8 Å². The van der Waals surface area contributed by atoms with Crippen LogP contribution < -0.4 is 0 Å². The van der Waals surface area contributed by atoms with Gasteiger partial charge in [0.2, 0.25) is 0 Å². The summed E-state index contributed by atoms with van der Waals surface area (Å²) in [6.45, 7) is 0. The molecule has 0 fully saturated rings. The zero-order valence-electron chi connectivity index (χ0n) is 3.55. The third-order valence-corrected chi connectivity index (χ3v) is 0.331. The molecule has 6 heavy (non-hydrogen) atoms. The Labute approximate surface area is 57.4 Å². The van der Waals surface area contributed by atoms with Crippen molar-refractivity contribution in [3.63, 3.8) is 0 Å². The van der Waals surface area contributed by atoms with Crippen molar-refractivity contribution in [2.75, 3.05) is 0 Å². The van der Waals surface area contributed by atoms with Crippen LogP contribution in [0.5, 0.6) is 0 Å². The Morgan fingerprint density at radius 3 is 2.50 bits per heavy atom. The maximum Gasteiger partial charge on any atom is 0.0690 e. The van der Waals surface area contributed by atoms with Gasteiger partial charge in [-0.15, -0.1) is 5.10 Å². The van der Waals surface area contributed by atoms with Crippen LogP contribution in [0.2, 0.25) is 0 Å². The summed E-state index contributed by atoms with van der Waals surface area (Å²) in [6.07, 6.45) is 3.24. The molecular weight excluding hydrogens is 89.0 g/mol. The molecule has 3 nitrogen and oxygen atoms in total. The smallest absolute Gasteiger partial charge is 0.0690 e. The van der Waals surface area contributed by atoms with Crippen molar-refractivity contribution in [1.82, 2.24) is 15.4 Å². The Balaban J connectivity index is 0.000000250. The first-order valence-corrected chi connectivity index (χ1v) is 1.30. The Hall–Kier alpha value is 0.140. The molecule has 0 unspecified atom stereocenters. The maximum absolute atomic E-state index is 3.42. The summed E-state index contributed by atoms with van der Waals surface area (Å²) in [5.41, 5.74) is 0. The van der Waals surface area contributed by atoms with E-state index >= 15 is 0 Å². The number of hydrogen-bond acceptors (Lipinski definition) is 2. The van der Waals surface area contributed by atoms with Gasteiger partial charge in [-0.05, 0) is 0 Å². The first-order valence-electron chi connectivity index (χ1n) is 1.30. The van der Waals surface area contributed by atoms with E-state index in [2.05, 4.69) is 15.4 Å². The van der Waals surface area contributed by atoms with Gasteiger partial charge in [0.05, 0.1) is 6.20 Å². The number of nitrogens with zero attached hydrogens (tertiary/aromatic N) is 2. The molecule has 0 aliphatic carbocycles. The van der Waals surface area contributed by atoms with Gasteiger partial charge >= 0.3 is 0 Å². The van der Waals surface area contributed by atoms with E-state index in [1.165, 1.54) is 0 Å². The van der Waals surface area contributed by atoms with E-state index in [-0.39, 0.29) is 29.6 Å². The topological polar surface area (TPSA) is 41.6 Å². The van der Waals surface area contributed by atoms with Crippen molar-refractivity contribution >= 4 is 29.6 Å². The summed E-state index contributed by atoms with van der Waals surface area (Å²) in [6, 6.07) is 0. The molecular formula is C2H3N3Na. The van der Waals surface area contributed by atoms with Crippen LogP contribution in [-0.2, 0) is 0 Å². The Morgan fingerprint density at radius 2 is 2.33 bits per heavy atom. The molecule has 0 amide bonds. The van der Waals surface area contributed by atoms with Crippen LogP contribution in [0.15, 0.2) is 12.4 Å². The van der Waals surface area contributed by atoms with Crippen LogP contribution in [0, 0.1) is 0 Å². The van der Waals surface area contributed by atoms with E-state index in [0.29, 0.717) is 0 Å². The molecule has 27 valence electrons. The zero-order valence-corrected chi connectivity index (χ0v) is 5.55. The largest absolute Gasteiger partial charge is 0.266 e. The molecule has 1 rings (SSSR count). The van der Waals surface area contributed by atoms with Gasteiger partial charge in [0.25, 0.3) is 0 Å². The van der Waals surface area contributed by atoms with E-state index in [1.54, 1.807) is 12.4 Å². The van der Waals surface area contributed by atoms with Gasteiger partial charge < -0.3 is 0 Å². The molecule has 4 heteroatoms. The number of hydrogen-bond donors (Lipinski definition) is 1. The standard InChI is InChI=1S/C2H3N3.Na/c1-2-4-5-3-1;/h1-2H,(H,3,4,5);. The Morgan fingerprint density at radius 1 is 1.50 bits per heavy atom. The van der Waals surface area contributed by atoms with Crippen molar-refractivity contribution in [2.45, 2.75) is 0 Å². The number of rotatable bonds is 0. The third-order valence-electron chi connectivity index (χ3n) is 0.331. The normalized spacial score (nSPS) is 6.67. The summed E-state index contributed by atoms with van der Waals surface area (Å²) in [5.74, 6) is 0. The quantitative estimate of drug-likeness (QED) is 0.435. The molecule has 0 saturated carbocycles. The first kappa shape index (κ1) is 6.14. The summed E-state index contributed by atoms with van der Waals surface area (Å²) >= 11 is 0. The predicted molar refractivity (Wildman–Crippen MR) is 22.1 cm³/mol. The third kappa shape index (κ3) is 1.55. The van der Waals surface area contributed by atoms with Crippen LogP contribution >= 0.6 is 0 Å². The molecule has 0 spiro atoms. The number of aromatic nitrogens is 3. The minimum Gasteiger partial charge on any atom is -0.266 e. The molecule has 1 aromatic rings. The fourth-order valence-electron chi connectivity index (χ4n) is 0.167. The molecule has 0 atom stereocenters. The summed E-state index contributed by atoms with van der Waals surface area (Å²) in [5, 5.41) is 9.26. The Bertz CT molecular complexity index is 65.3. The second-order valence-corrected chi connectivity index (χ2v) is 0.660. The summed E-state index contributed by atoms with van der Waals surface area (Å²) in [7, 11) is 0. The van der Waals surface area contributed by atoms with Crippen LogP contribution in [0.3, 0.4) is 0 Å². The van der Waals surface area contributed by atoms with E-state index in [9.17, 15) is 0 Å². The second-order valence-electron chi connectivity index (χ2n) is 0.660. The van der Waals surface area contributed by atoms with Crippen molar-refractivity contribution in [2.24, 2.45) is 0 Å². The number of nitrogens with one attached hydrogen (secondary N) is 1. The summed E-state index contributed by atoms with van der Waals surface area (Å²) in [4.78, 5) is 0. The van der Waals surface area contributed by atoms with Crippen LogP contribution in [0.4, 0.5) is 0 Å². The Kier molecular flexibility index (Phi) is 3.41. The van der Waals surface area contributed by atoms with Gasteiger partial charge in [-0.25, -0.2) is 0 Å². The van der Waals surface area contributed by atoms with Crippen molar-refractivity contribution in [1.29, 1.82) is 0 Å². The molecule has 0 saturated heterocycles. The van der Waals surface area contributed by atoms with E-state index in [0.717, 1.165) is 0 Å². The van der Waals surface area contributed by atoms with Gasteiger partial charge in [0.15, 0.2) is 0 Å². The molecule has 0 aromatic carbocycles. The summed E-state index contributed by atoms with van der Waals surface area (Å²) < 4.78 is 0. The predicted octanol–water partition coefficient (Wildman–Crippen LogP) is -0.576. The van der Waals surface area contributed by atoms with Crippen LogP contribution in [0.1, 0.15) is 0 Å². The van der Waals surface area contributed by atoms with E-state index < -0.39 is 0 Å². The van der Waals surface area contributed by atoms with Gasteiger partial charge in [-0.1, -0.05) is 5.21 Å². The molecule has 0 bridgehead atoms. The van der Waals surface area contributed by atoms with Crippen molar-refractivity contribution in [3.8, 4) is 0 Å². The van der Waals surface area contributed by atoms with Crippen LogP contribution in [-0.4, -0.2) is 45.0 Å². The average Bonchev–Trinajstić information content (AvgIpc) is 1.76. The van der Waals surface area contributed by atoms with Gasteiger partial charge in [-0.2, -0.15) is 0 Å². The second kappa shape index (κ2) is 3.33. The minimum atomic E-state index is 0. The first-order chi connectivity index (χ1) is 2.50. The average molecular weight is 92.1 g/mol. The van der Waals surface area contributed by atoms with Gasteiger partial charge in [0.1, 0.15) is 0 Å². The fourth-order valence-corrected chi connectivity index (χ4v) is 0.167. The fraction of sp³-hybridized carbons (Fsp3) is 0. The van der Waals surface area contributed by atoms with Crippen molar-refractivity contribution < 1.29 is 0 Å².